The van der Waals surface area contributed by atoms with E-state index in [1.54, 1.807) is 12.1 Å². The second-order valence-electron chi connectivity index (χ2n) is 5.62. The number of halogens is 1. The lowest BCUT2D eigenvalue weighted by molar-refractivity contribution is 0.252. The summed E-state index contributed by atoms with van der Waals surface area (Å²) >= 11 is 5.90. The number of carbonyl (C=O) groups excluding carboxylic acids is 1. The fraction of sp³-hybridized carbons (Fsp3) is 0.278. The normalized spacial score (nSPS) is 15.2. The van der Waals surface area contributed by atoms with Crippen molar-refractivity contribution in [1.29, 1.82) is 0 Å². The molecule has 1 saturated heterocycles. The molecule has 0 aliphatic carbocycles. The number of anilines is 2. The van der Waals surface area contributed by atoms with E-state index in [2.05, 4.69) is 10.6 Å². The molecule has 0 spiro atoms. The lowest BCUT2D eigenvalue weighted by Crippen LogP contribution is -2.48. The molecule has 4 nitrogen and oxygen atoms in total. The molecular formula is C18H20ClN3O. The summed E-state index contributed by atoms with van der Waals surface area (Å²) in [5, 5.41) is 6.97. The maximum atomic E-state index is 12.9. The number of hydrogen-bond donors (Lipinski definition) is 2. The quantitative estimate of drug-likeness (QED) is 0.889. The Balaban J connectivity index is 1.82. The van der Waals surface area contributed by atoms with E-state index in [1.807, 2.05) is 47.4 Å². The highest BCUT2D eigenvalue weighted by Gasteiger charge is 2.26. The van der Waals surface area contributed by atoms with Gasteiger partial charge in [0, 0.05) is 22.4 Å². The van der Waals surface area contributed by atoms with Crippen LogP contribution in [0.5, 0.6) is 0 Å². The molecule has 0 unspecified atom stereocenters. The van der Waals surface area contributed by atoms with Crippen LogP contribution in [0, 0.1) is 0 Å². The number of piperidine rings is 1. The average molecular weight is 330 g/mol. The lowest BCUT2D eigenvalue weighted by atomic mass is 10.0. The molecule has 2 N–H and O–H groups in total. The Kier molecular flexibility index (Phi) is 5.16. The first kappa shape index (κ1) is 15.8. The van der Waals surface area contributed by atoms with Crippen LogP contribution < -0.4 is 15.5 Å². The van der Waals surface area contributed by atoms with Crippen molar-refractivity contribution in [1.82, 2.24) is 5.32 Å². The summed E-state index contributed by atoms with van der Waals surface area (Å²) in [6.07, 6.45) is 1.89. The predicted octanol–water partition coefficient (Wildman–Crippen LogP) is 4.13. The van der Waals surface area contributed by atoms with Crippen LogP contribution in [-0.4, -0.2) is 25.2 Å². The van der Waals surface area contributed by atoms with Crippen molar-refractivity contribution in [3.05, 3.63) is 59.6 Å². The van der Waals surface area contributed by atoms with Crippen LogP contribution in [0.2, 0.25) is 5.02 Å². The predicted molar refractivity (Wildman–Crippen MR) is 95.3 cm³/mol. The number of benzene rings is 2. The van der Waals surface area contributed by atoms with E-state index < -0.39 is 0 Å². The van der Waals surface area contributed by atoms with Gasteiger partial charge in [0.1, 0.15) is 0 Å². The highest BCUT2D eigenvalue weighted by atomic mass is 35.5. The van der Waals surface area contributed by atoms with Gasteiger partial charge in [-0.15, -0.1) is 0 Å². The zero-order valence-electron chi connectivity index (χ0n) is 12.8. The largest absolute Gasteiger partial charge is 0.326 e. The van der Waals surface area contributed by atoms with Crippen LogP contribution in [0.1, 0.15) is 12.8 Å². The minimum absolute atomic E-state index is 0.106. The third-order valence-corrected chi connectivity index (χ3v) is 4.27. The molecule has 1 fully saturated rings. The van der Waals surface area contributed by atoms with Gasteiger partial charge >= 0.3 is 6.03 Å². The summed E-state index contributed by atoms with van der Waals surface area (Å²) in [6.45, 7) is 1.87. The molecular weight excluding hydrogens is 310 g/mol. The first-order valence-electron chi connectivity index (χ1n) is 7.85. The number of rotatable bonds is 3. The van der Waals surface area contributed by atoms with Crippen molar-refractivity contribution < 1.29 is 4.79 Å². The molecule has 0 atom stereocenters. The standard InChI is InChI=1S/C18H20ClN3O/c19-14-6-8-15(9-7-14)21-18(23)22(16-4-2-1-3-5-16)17-10-12-20-13-11-17/h1-9,17,20H,10-13H2,(H,21,23). The van der Waals surface area contributed by atoms with Gasteiger partial charge < -0.3 is 10.6 Å². The Morgan fingerprint density at radius 3 is 2.35 bits per heavy atom. The third-order valence-electron chi connectivity index (χ3n) is 4.02. The summed E-state index contributed by atoms with van der Waals surface area (Å²) in [5.41, 5.74) is 1.67. The van der Waals surface area contributed by atoms with Crippen molar-refractivity contribution in [3.63, 3.8) is 0 Å². The number of nitrogens with one attached hydrogen (secondary N) is 2. The zero-order valence-corrected chi connectivity index (χ0v) is 13.6. The Bertz CT molecular complexity index is 639. The first-order valence-corrected chi connectivity index (χ1v) is 8.23. The number of para-hydroxylation sites is 1. The monoisotopic (exact) mass is 329 g/mol. The molecule has 0 bridgehead atoms. The molecule has 2 amide bonds. The average Bonchev–Trinajstić information content (AvgIpc) is 2.59. The van der Waals surface area contributed by atoms with E-state index in [4.69, 9.17) is 11.6 Å². The van der Waals surface area contributed by atoms with E-state index in [9.17, 15) is 4.79 Å². The Hall–Kier alpha value is -2.04. The second-order valence-corrected chi connectivity index (χ2v) is 6.06. The van der Waals surface area contributed by atoms with Gasteiger partial charge in [-0.25, -0.2) is 4.79 Å². The Morgan fingerprint density at radius 1 is 1.04 bits per heavy atom. The topological polar surface area (TPSA) is 44.4 Å². The number of nitrogens with zero attached hydrogens (tertiary/aromatic N) is 1. The van der Waals surface area contributed by atoms with Crippen LogP contribution in [0.3, 0.4) is 0 Å². The van der Waals surface area contributed by atoms with Gasteiger partial charge in [0.2, 0.25) is 0 Å². The molecule has 3 rings (SSSR count). The molecule has 2 aromatic carbocycles. The van der Waals surface area contributed by atoms with E-state index >= 15 is 0 Å². The van der Waals surface area contributed by atoms with E-state index in [1.165, 1.54) is 0 Å². The smallest absolute Gasteiger partial charge is 0.317 e. The molecule has 1 aliphatic heterocycles. The summed E-state index contributed by atoms with van der Waals surface area (Å²) in [5.74, 6) is 0. The fourth-order valence-electron chi connectivity index (χ4n) is 2.86. The van der Waals surface area contributed by atoms with Gasteiger partial charge in [-0.1, -0.05) is 29.8 Å². The molecule has 5 heteroatoms. The van der Waals surface area contributed by atoms with E-state index in [0.29, 0.717) is 5.02 Å². The molecule has 1 aliphatic rings. The van der Waals surface area contributed by atoms with Crippen molar-refractivity contribution in [3.8, 4) is 0 Å². The highest BCUT2D eigenvalue weighted by molar-refractivity contribution is 6.30. The van der Waals surface area contributed by atoms with E-state index in [0.717, 1.165) is 37.3 Å². The van der Waals surface area contributed by atoms with Gasteiger partial charge in [-0.2, -0.15) is 0 Å². The Morgan fingerprint density at radius 2 is 1.70 bits per heavy atom. The number of hydrogen-bond acceptors (Lipinski definition) is 2. The number of carbonyl (C=O) groups is 1. The lowest BCUT2D eigenvalue weighted by Gasteiger charge is -2.34. The SMILES string of the molecule is O=C(Nc1ccc(Cl)cc1)N(c1ccccc1)C1CCNCC1. The summed E-state index contributed by atoms with van der Waals surface area (Å²) < 4.78 is 0. The highest BCUT2D eigenvalue weighted by Crippen LogP contribution is 2.23. The minimum Gasteiger partial charge on any atom is -0.317 e. The van der Waals surface area contributed by atoms with Gasteiger partial charge in [0.05, 0.1) is 0 Å². The minimum atomic E-state index is -0.106. The summed E-state index contributed by atoms with van der Waals surface area (Å²) in [6, 6.07) is 17.1. The molecule has 1 heterocycles. The maximum absolute atomic E-state index is 12.9. The second kappa shape index (κ2) is 7.49. The molecule has 23 heavy (non-hydrogen) atoms. The van der Waals surface area contributed by atoms with Crippen molar-refractivity contribution in [2.24, 2.45) is 0 Å². The van der Waals surface area contributed by atoms with Gasteiger partial charge in [-0.05, 0) is 62.3 Å². The van der Waals surface area contributed by atoms with Gasteiger partial charge in [0.25, 0.3) is 0 Å². The van der Waals surface area contributed by atoms with Crippen LogP contribution in [0.15, 0.2) is 54.6 Å². The number of amides is 2. The molecule has 2 aromatic rings. The fourth-order valence-corrected chi connectivity index (χ4v) is 2.99. The first-order chi connectivity index (χ1) is 11.2. The third kappa shape index (κ3) is 4.03. The van der Waals surface area contributed by atoms with Gasteiger partial charge in [-0.3, -0.25) is 4.90 Å². The number of urea groups is 1. The van der Waals surface area contributed by atoms with Crippen LogP contribution in [0.25, 0.3) is 0 Å². The summed E-state index contributed by atoms with van der Waals surface area (Å²) in [4.78, 5) is 14.7. The maximum Gasteiger partial charge on any atom is 0.326 e. The molecule has 120 valence electrons. The van der Waals surface area contributed by atoms with Crippen molar-refractivity contribution >= 4 is 29.0 Å². The molecule has 0 aromatic heterocycles. The molecule has 0 radical (unpaired) electrons. The molecule has 0 saturated carbocycles. The van der Waals surface area contributed by atoms with Crippen LogP contribution in [0.4, 0.5) is 16.2 Å². The summed E-state index contributed by atoms with van der Waals surface area (Å²) in [7, 11) is 0. The Labute approximate surface area is 141 Å². The van der Waals surface area contributed by atoms with E-state index in [-0.39, 0.29) is 12.1 Å². The van der Waals surface area contributed by atoms with Crippen LogP contribution in [-0.2, 0) is 0 Å². The van der Waals surface area contributed by atoms with Crippen LogP contribution >= 0.6 is 11.6 Å². The van der Waals surface area contributed by atoms with Crippen molar-refractivity contribution in [2.45, 2.75) is 18.9 Å². The van der Waals surface area contributed by atoms with Gasteiger partial charge in [0.15, 0.2) is 0 Å². The van der Waals surface area contributed by atoms with Crippen molar-refractivity contribution in [2.75, 3.05) is 23.3 Å². The zero-order chi connectivity index (χ0) is 16.1.